The van der Waals surface area contributed by atoms with Crippen molar-refractivity contribution < 1.29 is 14.3 Å². The number of methoxy groups -OCH3 is 1. The van der Waals surface area contributed by atoms with Crippen LogP contribution in [0.15, 0.2) is 24.3 Å². The van der Waals surface area contributed by atoms with E-state index in [-0.39, 0.29) is 23.8 Å². The summed E-state index contributed by atoms with van der Waals surface area (Å²) in [6.07, 6.45) is 0.875. The van der Waals surface area contributed by atoms with E-state index in [2.05, 4.69) is 5.32 Å². The van der Waals surface area contributed by atoms with E-state index in [1.165, 1.54) is 0 Å². The Morgan fingerprint density at radius 2 is 2.05 bits per heavy atom. The summed E-state index contributed by atoms with van der Waals surface area (Å²) in [5.74, 6) is 1.17. The number of benzene rings is 1. The molecule has 1 unspecified atom stereocenters. The first-order chi connectivity index (χ1) is 10.5. The van der Waals surface area contributed by atoms with Gasteiger partial charge in [0.25, 0.3) is 0 Å². The molecule has 1 aliphatic rings. The van der Waals surface area contributed by atoms with Gasteiger partial charge in [-0.15, -0.1) is 0 Å². The Kier molecular flexibility index (Phi) is 5.41. The Morgan fingerprint density at radius 3 is 2.59 bits per heavy atom. The van der Waals surface area contributed by atoms with E-state index in [1.807, 2.05) is 43.0 Å². The highest BCUT2D eigenvalue weighted by Gasteiger charge is 2.30. The van der Waals surface area contributed by atoms with Crippen molar-refractivity contribution in [3.05, 3.63) is 29.8 Å². The fourth-order valence-electron chi connectivity index (χ4n) is 2.69. The van der Waals surface area contributed by atoms with Gasteiger partial charge in [0.2, 0.25) is 11.8 Å². The van der Waals surface area contributed by atoms with Gasteiger partial charge in [-0.1, -0.05) is 12.1 Å². The largest absolute Gasteiger partial charge is 0.497 e. The topological polar surface area (TPSA) is 58.6 Å². The van der Waals surface area contributed by atoms with E-state index in [0.717, 1.165) is 17.9 Å². The molecule has 0 aromatic heterocycles. The van der Waals surface area contributed by atoms with Crippen molar-refractivity contribution in [2.24, 2.45) is 5.92 Å². The zero-order valence-corrected chi connectivity index (χ0v) is 13.5. The maximum absolute atomic E-state index is 12.0. The molecule has 1 atom stereocenters. The summed E-state index contributed by atoms with van der Waals surface area (Å²) in [6.45, 7) is 5.33. The van der Waals surface area contributed by atoms with Gasteiger partial charge in [0.1, 0.15) is 5.75 Å². The molecule has 1 fully saturated rings. The Morgan fingerprint density at radius 1 is 1.36 bits per heavy atom. The van der Waals surface area contributed by atoms with Gasteiger partial charge in [0.15, 0.2) is 0 Å². The molecule has 1 heterocycles. The SMILES string of the molecule is COc1ccc(CC(=O)NCC2CC(=O)N(C(C)C)C2)cc1. The fourth-order valence-corrected chi connectivity index (χ4v) is 2.69. The lowest BCUT2D eigenvalue weighted by molar-refractivity contribution is -0.129. The van der Waals surface area contributed by atoms with Crippen molar-refractivity contribution in [1.82, 2.24) is 10.2 Å². The van der Waals surface area contributed by atoms with Gasteiger partial charge in [-0.25, -0.2) is 0 Å². The molecule has 1 saturated heterocycles. The Bertz CT molecular complexity index is 525. The third kappa shape index (κ3) is 4.23. The Hall–Kier alpha value is -2.04. The number of rotatable bonds is 6. The molecule has 2 rings (SSSR count). The molecule has 1 aliphatic heterocycles. The average molecular weight is 304 g/mol. The van der Waals surface area contributed by atoms with Crippen LogP contribution in [-0.2, 0) is 16.0 Å². The molecular formula is C17H24N2O3. The van der Waals surface area contributed by atoms with Gasteiger partial charge in [-0.2, -0.15) is 0 Å². The first-order valence-corrected chi connectivity index (χ1v) is 7.68. The van der Waals surface area contributed by atoms with Crippen molar-refractivity contribution in [3.63, 3.8) is 0 Å². The van der Waals surface area contributed by atoms with Gasteiger partial charge < -0.3 is 15.0 Å². The predicted molar refractivity (Wildman–Crippen MR) is 84.7 cm³/mol. The van der Waals surface area contributed by atoms with Crippen LogP contribution in [0, 0.1) is 5.92 Å². The summed E-state index contributed by atoms with van der Waals surface area (Å²) < 4.78 is 5.09. The molecule has 0 spiro atoms. The van der Waals surface area contributed by atoms with Crippen molar-refractivity contribution in [2.75, 3.05) is 20.2 Å². The van der Waals surface area contributed by atoms with Crippen LogP contribution in [0.3, 0.4) is 0 Å². The van der Waals surface area contributed by atoms with E-state index < -0.39 is 0 Å². The maximum atomic E-state index is 12.0. The van der Waals surface area contributed by atoms with Crippen LogP contribution in [0.4, 0.5) is 0 Å². The highest BCUT2D eigenvalue weighted by Crippen LogP contribution is 2.19. The number of hydrogen-bond donors (Lipinski definition) is 1. The van der Waals surface area contributed by atoms with Crippen LogP contribution in [0.25, 0.3) is 0 Å². The predicted octanol–water partition coefficient (Wildman–Crippen LogP) is 1.61. The molecule has 0 aliphatic carbocycles. The summed E-state index contributed by atoms with van der Waals surface area (Å²) in [4.78, 5) is 25.7. The van der Waals surface area contributed by atoms with Crippen LogP contribution in [0.1, 0.15) is 25.8 Å². The van der Waals surface area contributed by atoms with Gasteiger partial charge in [-0.05, 0) is 31.5 Å². The lowest BCUT2D eigenvalue weighted by atomic mass is 10.1. The molecule has 1 aromatic carbocycles. The molecule has 1 aromatic rings. The van der Waals surface area contributed by atoms with Gasteiger partial charge in [0, 0.05) is 31.5 Å². The highest BCUT2D eigenvalue weighted by molar-refractivity contribution is 5.80. The van der Waals surface area contributed by atoms with E-state index in [9.17, 15) is 9.59 Å². The molecule has 5 heteroatoms. The zero-order valence-electron chi connectivity index (χ0n) is 13.5. The van der Waals surface area contributed by atoms with Gasteiger partial charge >= 0.3 is 0 Å². The third-order valence-electron chi connectivity index (χ3n) is 3.97. The van der Waals surface area contributed by atoms with Crippen LogP contribution in [-0.4, -0.2) is 43.0 Å². The highest BCUT2D eigenvalue weighted by atomic mass is 16.5. The molecule has 120 valence electrons. The van der Waals surface area contributed by atoms with Crippen molar-refractivity contribution in [3.8, 4) is 5.75 Å². The van der Waals surface area contributed by atoms with E-state index >= 15 is 0 Å². The second kappa shape index (κ2) is 7.29. The first-order valence-electron chi connectivity index (χ1n) is 7.68. The Labute approximate surface area is 131 Å². The van der Waals surface area contributed by atoms with Crippen LogP contribution >= 0.6 is 0 Å². The Balaban J connectivity index is 1.77. The summed E-state index contributed by atoms with van der Waals surface area (Å²) >= 11 is 0. The number of amides is 2. The maximum Gasteiger partial charge on any atom is 0.224 e. The minimum atomic E-state index is -0.0133. The van der Waals surface area contributed by atoms with E-state index in [4.69, 9.17) is 4.74 Å². The second-order valence-electron chi connectivity index (χ2n) is 6.04. The number of carbonyl (C=O) groups is 2. The van der Waals surface area contributed by atoms with Crippen molar-refractivity contribution in [1.29, 1.82) is 0 Å². The first kappa shape index (κ1) is 16.3. The monoisotopic (exact) mass is 304 g/mol. The number of nitrogens with one attached hydrogen (secondary N) is 1. The zero-order chi connectivity index (χ0) is 16.1. The van der Waals surface area contributed by atoms with E-state index in [1.54, 1.807) is 7.11 Å². The minimum Gasteiger partial charge on any atom is -0.497 e. The van der Waals surface area contributed by atoms with E-state index in [0.29, 0.717) is 19.4 Å². The quantitative estimate of drug-likeness (QED) is 0.868. The lowest BCUT2D eigenvalue weighted by Crippen LogP contribution is -2.34. The third-order valence-corrected chi connectivity index (χ3v) is 3.97. The summed E-state index contributed by atoms with van der Waals surface area (Å²) in [5.41, 5.74) is 0.949. The van der Waals surface area contributed by atoms with Gasteiger partial charge in [0.05, 0.1) is 13.5 Å². The molecule has 22 heavy (non-hydrogen) atoms. The number of carbonyl (C=O) groups excluding carboxylic acids is 2. The molecular weight excluding hydrogens is 280 g/mol. The molecule has 1 N–H and O–H groups in total. The number of ether oxygens (including phenoxy) is 1. The fraction of sp³-hybridized carbons (Fsp3) is 0.529. The second-order valence-corrected chi connectivity index (χ2v) is 6.04. The molecule has 0 radical (unpaired) electrons. The van der Waals surface area contributed by atoms with Crippen molar-refractivity contribution in [2.45, 2.75) is 32.7 Å². The standard InChI is InChI=1S/C17H24N2O3/c1-12(2)19-11-14(9-17(19)21)10-18-16(20)8-13-4-6-15(22-3)7-5-13/h4-7,12,14H,8-11H2,1-3H3,(H,18,20). The molecule has 0 saturated carbocycles. The number of hydrogen-bond acceptors (Lipinski definition) is 3. The van der Waals surface area contributed by atoms with Gasteiger partial charge in [-0.3, -0.25) is 9.59 Å². The van der Waals surface area contributed by atoms with Crippen LogP contribution in [0.2, 0.25) is 0 Å². The lowest BCUT2D eigenvalue weighted by Gasteiger charge is -2.21. The van der Waals surface area contributed by atoms with Crippen LogP contribution in [0.5, 0.6) is 5.75 Å². The summed E-state index contributed by atoms with van der Waals surface area (Å²) in [6, 6.07) is 7.69. The average Bonchev–Trinajstić information content (AvgIpc) is 2.87. The number of nitrogens with zero attached hydrogens (tertiary/aromatic N) is 1. The molecule has 0 bridgehead atoms. The summed E-state index contributed by atoms with van der Waals surface area (Å²) in [5, 5.41) is 2.93. The molecule has 2 amide bonds. The summed E-state index contributed by atoms with van der Waals surface area (Å²) in [7, 11) is 1.62. The smallest absolute Gasteiger partial charge is 0.224 e. The normalized spacial score (nSPS) is 17.9. The molecule has 5 nitrogen and oxygen atoms in total. The number of likely N-dealkylation sites (tertiary alicyclic amines) is 1. The van der Waals surface area contributed by atoms with Crippen molar-refractivity contribution >= 4 is 11.8 Å². The van der Waals surface area contributed by atoms with Crippen LogP contribution < -0.4 is 10.1 Å². The minimum absolute atomic E-state index is 0.0133.